The van der Waals surface area contributed by atoms with Crippen molar-refractivity contribution < 1.29 is 4.74 Å². The molecule has 1 fully saturated rings. The van der Waals surface area contributed by atoms with E-state index in [1.807, 2.05) is 13.0 Å². The van der Waals surface area contributed by atoms with Crippen LogP contribution in [0.3, 0.4) is 0 Å². The second-order valence-electron chi connectivity index (χ2n) is 4.82. The van der Waals surface area contributed by atoms with E-state index in [9.17, 15) is 0 Å². The van der Waals surface area contributed by atoms with E-state index in [-0.39, 0.29) is 0 Å². The van der Waals surface area contributed by atoms with Crippen LogP contribution in [0.2, 0.25) is 0 Å². The molecule has 0 bridgehead atoms. The van der Waals surface area contributed by atoms with Crippen LogP contribution in [-0.4, -0.2) is 42.3 Å². The van der Waals surface area contributed by atoms with Crippen LogP contribution in [0.5, 0.6) is 5.88 Å². The highest BCUT2D eigenvalue weighted by molar-refractivity contribution is 5.35. The van der Waals surface area contributed by atoms with Crippen LogP contribution in [-0.2, 0) is 0 Å². The molecule has 106 valence electrons. The highest BCUT2D eigenvalue weighted by Gasteiger charge is 2.26. The van der Waals surface area contributed by atoms with Crippen LogP contribution >= 0.6 is 0 Å². The second-order valence-corrected chi connectivity index (χ2v) is 4.82. The van der Waals surface area contributed by atoms with Gasteiger partial charge in [-0.3, -0.25) is 0 Å². The SMILES string of the molecule is CCCNCC1CCCN1c1nccc(OCC)n1. The average Bonchev–Trinajstić information content (AvgIpc) is 2.88. The summed E-state index contributed by atoms with van der Waals surface area (Å²) in [6.07, 6.45) is 5.37. The molecular weight excluding hydrogens is 240 g/mol. The minimum absolute atomic E-state index is 0.503. The topological polar surface area (TPSA) is 50.3 Å². The molecule has 5 nitrogen and oxygen atoms in total. The number of ether oxygens (including phenoxy) is 1. The van der Waals surface area contributed by atoms with Crippen molar-refractivity contribution in [2.24, 2.45) is 0 Å². The van der Waals surface area contributed by atoms with Gasteiger partial charge in [0, 0.05) is 31.4 Å². The van der Waals surface area contributed by atoms with Gasteiger partial charge < -0.3 is 15.0 Å². The highest BCUT2D eigenvalue weighted by atomic mass is 16.5. The minimum atomic E-state index is 0.503. The lowest BCUT2D eigenvalue weighted by molar-refractivity contribution is 0.326. The van der Waals surface area contributed by atoms with Crippen LogP contribution in [0, 0.1) is 0 Å². The number of nitrogens with one attached hydrogen (secondary N) is 1. The first-order chi connectivity index (χ1) is 9.35. The molecule has 0 saturated carbocycles. The van der Waals surface area contributed by atoms with Crippen molar-refractivity contribution in [3.8, 4) is 5.88 Å². The first-order valence-corrected chi connectivity index (χ1v) is 7.28. The Hall–Kier alpha value is -1.36. The van der Waals surface area contributed by atoms with E-state index in [0.717, 1.165) is 25.6 Å². The summed E-state index contributed by atoms with van der Waals surface area (Å²) in [6.45, 7) is 7.91. The van der Waals surface area contributed by atoms with Crippen LogP contribution < -0.4 is 15.0 Å². The number of hydrogen-bond donors (Lipinski definition) is 1. The maximum Gasteiger partial charge on any atom is 0.228 e. The number of aromatic nitrogens is 2. The van der Waals surface area contributed by atoms with Gasteiger partial charge in [-0.25, -0.2) is 4.98 Å². The van der Waals surface area contributed by atoms with Crippen LogP contribution in [0.4, 0.5) is 5.95 Å². The molecule has 0 aliphatic carbocycles. The van der Waals surface area contributed by atoms with E-state index in [0.29, 0.717) is 18.5 Å². The molecule has 1 aliphatic heterocycles. The fourth-order valence-electron chi connectivity index (χ4n) is 2.46. The van der Waals surface area contributed by atoms with Crippen molar-refractivity contribution in [3.63, 3.8) is 0 Å². The van der Waals surface area contributed by atoms with Gasteiger partial charge in [-0.2, -0.15) is 4.98 Å². The van der Waals surface area contributed by atoms with E-state index in [1.54, 1.807) is 6.20 Å². The third-order valence-electron chi connectivity index (χ3n) is 3.35. The Kier molecular flexibility index (Phi) is 5.39. The van der Waals surface area contributed by atoms with Gasteiger partial charge in [0.15, 0.2) is 0 Å². The summed E-state index contributed by atoms with van der Waals surface area (Å²) in [4.78, 5) is 11.2. The number of hydrogen-bond acceptors (Lipinski definition) is 5. The lowest BCUT2D eigenvalue weighted by atomic mass is 10.2. The van der Waals surface area contributed by atoms with Gasteiger partial charge in [0.05, 0.1) is 6.61 Å². The number of nitrogens with zero attached hydrogens (tertiary/aromatic N) is 3. The zero-order valence-electron chi connectivity index (χ0n) is 11.9. The van der Waals surface area contributed by atoms with Gasteiger partial charge in [0.1, 0.15) is 0 Å². The maximum atomic E-state index is 5.45. The summed E-state index contributed by atoms with van der Waals surface area (Å²) >= 11 is 0. The molecule has 1 unspecified atom stereocenters. The van der Waals surface area contributed by atoms with Gasteiger partial charge in [-0.15, -0.1) is 0 Å². The molecule has 2 rings (SSSR count). The molecule has 1 N–H and O–H groups in total. The van der Waals surface area contributed by atoms with E-state index in [4.69, 9.17) is 4.74 Å². The normalized spacial score (nSPS) is 18.8. The summed E-state index contributed by atoms with van der Waals surface area (Å²) in [6, 6.07) is 2.32. The Morgan fingerprint density at radius 3 is 3.16 bits per heavy atom. The molecule has 0 spiro atoms. The van der Waals surface area contributed by atoms with E-state index >= 15 is 0 Å². The summed E-state index contributed by atoms with van der Waals surface area (Å²) < 4.78 is 5.45. The van der Waals surface area contributed by atoms with Gasteiger partial charge in [0.25, 0.3) is 0 Å². The Morgan fingerprint density at radius 2 is 2.37 bits per heavy atom. The summed E-state index contributed by atoms with van der Waals surface area (Å²) in [5, 5.41) is 3.49. The average molecular weight is 264 g/mol. The molecule has 0 aromatic carbocycles. The molecule has 1 aromatic rings. The fraction of sp³-hybridized carbons (Fsp3) is 0.714. The van der Waals surface area contributed by atoms with Crippen molar-refractivity contribution in [2.75, 3.05) is 31.1 Å². The van der Waals surface area contributed by atoms with Crippen LogP contribution in [0.25, 0.3) is 0 Å². The Morgan fingerprint density at radius 1 is 1.47 bits per heavy atom. The zero-order chi connectivity index (χ0) is 13.5. The second kappa shape index (κ2) is 7.28. The summed E-state index contributed by atoms with van der Waals surface area (Å²) in [5.41, 5.74) is 0. The lowest BCUT2D eigenvalue weighted by Crippen LogP contribution is -2.39. The summed E-state index contributed by atoms with van der Waals surface area (Å²) in [5.74, 6) is 1.46. The predicted octanol–water partition coefficient (Wildman–Crippen LogP) is 1.84. The number of anilines is 1. The molecule has 1 saturated heterocycles. The smallest absolute Gasteiger partial charge is 0.228 e. The number of rotatable bonds is 7. The Labute approximate surface area is 115 Å². The van der Waals surface area contributed by atoms with Crippen molar-refractivity contribution in [1.82, 2.24) is 15.3 Å². The molecule has 1 atom stereocenters. The standard InChI is InChI=1S/C14H24N4O/c1-3-8-15-11-12-6-5-10-18(12)14-16-9-7-13(17-14)19-4-2/h7,9,12,15H,3-6,8,10-11H2,1-2H3. The minimum Gasteiger partial charge on any atom is -0.478 e. The van der Waals surface area contributed by atoms with Gasteiger partial charge in [-0.1, -0.05) is 6.92 Å². The summed E-state index contributed by atoms with van der Waals surface area (Å²) in [7, 11) is 0. The van der Waals surface area contributed by atoms with E-state index < -0.39 is 0 Å². The van der Waals surface area contributed by atoms with Crippen LogP contribution in [0.1, 0.15) is 33.1 Å². The lowest BCUT2D eigenvalue weighted by Gasteiger charge is -2.25. The van der Waals surface area contributed by atoms with Gasteiger partial charge in [0.2, 0.25) is 11.8 Å². The zero-order valence-corrected chi connectivity index (χ0v) is 11.9. The largest absolute Gasteiger partial charge is 0.478 e. The Bertz CT molecular complexity index is 385. The fourth-order valence-corrected chi connectivity index (χ4v) is 2.46. The van der Waals surface area contributed by atoms with Crippen molar-refractivity contribution in [1.29, 1.82) is 0 Å². The molecular formula is C14H24N4O. The van der Waals surface area contributed by atoms with Crippen molar-refractivity contribution >= 4 is 5.95 Å². The molecule has 19 heavy (non-hydrogen) atoms. The Balaban J connectivity index is 2.00. The van der Waals surface area contributed by atoms with Gasteiger partial charge in [-0.05, 0) is 32.7 Å². The van der Waals surface area contributed by atoms with Gasteiger partial charge >= 0.3 is 0 Å². The monoisotopic (exact) mass is 264 g/mol. The van der Waals surface area contributed by atoms with Crippen molar-refractivity contribution in [2.45, 2.75) is 39.2 Å². The molecule has 5 heteroatoms. The van der Waals surface area contributed by atoms with E-state index in [2.05, 4.69) is 27.1 Å². The molecule has 0 radical (unpaired) electrons. The van der Waals surface area contributed by atoms with Crippen LogP contribution in [0.15, 0.2) is 12.3 Å². The first-order valence-electron chi connectivity index (χ1n) is 7.28. The molecule has 1 aromatic heterocycles. The maximum absolute atomic E-state index is 5.45. The molecule has 1 aliphatic rings. The quantitative estimate of drug-likeness (QED) is 0.762. The predicted molar refractivity (Wildman–Crippen MR) is 76.7 cm³/mol. The van der Waals surface area contributed by atoms with Crippen molar-refractivity contribution in [3.05, 3.63) is 12.3 Å². The molecule has 2 heterocycles. The highest BCUT2D eigenvalue weighted by Crippen LogP contribution is 2.23. The first kappa shape index (κ1) is 14.1. The van der Waals surface area contributed by atoms with E-state index in [1.165, 1.54) is 19.3 Å². The third kappa shape index (κ3) is 3.80. The molecule has 0 amide bonds. The third-order valence-corrected chi connectivity index (χ3v) is 3.35.